The molecule has 2 aromatic rings. The Morgan fingerprint density at radius 1 is 1.24 bits per heavy atom. The molecule has 2 aromatic heterocycles. The fourth-order valence-electron chi connectivity index (χ4n) is 1.97. The van der Waals surface area contributed by atoms with Gasteiger partial charge in [0.15, 0.2) is 0 Å². The van der Waals surface area contributed by atoms with Gasteiger partial charge >= 0.3 is 0 Å². The van der Waals surface area contributed by atoms with E-state index in [0.717, 1.165) is 37.7 Å². The van der Waals surface area contributed by atoms with Crippen LogP contribution < -0.4 is 10.2 Å². The second kappa shape index (κ2) is 4.81. The Hall–Kier alpha value is -1.46. The number of hydrogen-bond donors (Lipinski definition) is 1. The quantitative estimate of drug-likeness (QED) is 0.874. The fourth-order valence-corrected chi connectivity index (χ4v) is 2.67. The van der Waals surface area contributed by atoms with Crippen molar-refractivity contribution in [1.82, 2.24) is 15.3 Å². The Bertz CT molecular complexity index is 477. The van der Waals surface area contributed by atoms with Crippen LogP contribution in [-0.2, 0) is 0 Å². The van der Waals surface area contributed by atoms with Crippen molar-refractivity contribution in [2.75, 3.05) is 31.1 Å². The van der Waals surface area contributed by atoms with E-state index in [1.807, 2.05) is 6.07 Å². The lowest BCUT2D eigenvalue weighted by molar-refractivity contribution is 0.584. The van der Waals surface area contributed by atoms with Crippen LogP contribution in [0.4, 0.5) is 5.82 Å². The van der Waals surface area contributed by atoms with Crippen molar-refractivity contribution in [3.05, 3.63) is 29.9 Å². The first-order valence-corrected chi connectivity index (χ1v) is 6.63. The maximum atomic E-state index is 4.36. The molecule has 0 atom stereocenters. The van der Waals surface area contributed by atoms with Gasteiger partial charge in [0, 0.05) is 32.2 Å². The number of anilines is 1. The molecule has 0 bridgehead atoms. The van der Waals surface area contributed by atoms with E-state index >= 15 is 0 Å². The molecule has 0 aliphatic carbocycles. The van der Waals surface area contributed by atoms with E-state index in [-0.39, 0.29) is 0 Å². The molecule has 0 amide bonds. The van der Waals surface area contributed by atoms with E-state index in [0.29, 0.717) is 0 Å². The molecule has 0 unspecified atom stereocenters. The highest BCUT2D eigenvalue weighted by molar-refractivity contribution is 7.13. The van der Waals surface area contributed by atoms with Gasteiger partial charge in [-0.1, -0.05) is 6.07 Å². The SMILES string of the molecule is c1csc(-c2cc(N3CCNCC3)ncn2)c1. The average molecular weight is 246 g/mol. The van der Waals surface area contributed by atoms with Crippen LogP contribution in [0.15, 0.2) is 29.9 Å². The molecule has 1 aliphatic rings. The molecule has 4 nitrogen and oxygen atoms in total. The van der Waals surface area contributed by atoms with E-state index < -0.39 is 0 Å². The molecular weight excluding hydrogens is 232 g/mol. The Morgan fingerprint density at radius 3 is 2.88 bits per heavy atom. The number of nitrogens with zero attached hydrogens (tertiary/aromatic N) is 3. The summed E-state index contributed by atoms with van der Waals surface area (Å²) in [5, 5.41) is 5.41. The summed E-state index contributed by atoms with van der Waals surface area (Å²) in [6.07, 6.45) is 1.66. The van der Waals surface area contributed by atoms with Crippen molar-refractivity contribution in [1.29, 1.82) is 0 Å². The number of hydrogen-bond acceptors (Lipinski definition) is 5. The first-order chi connectivity index (χ1) is 8.43. The van der Waals surface area contributed by atoms with Crippen molar-refractivity contribution in [2.24, 2.45) is 0 Å². The van der Waals surface area contributed by atoms with Crippen LogP contribution in [0.1, 0.15) is 0 Å². The van der Waals surface area contributed by atoms with Crippen molar-refractivity contribution < 1.29 is 0 Å². The summed E-state index contributed by atoms with van der Waals surface area (Å²) in [7, 11) is 0. The van der Waals surface area contributed by atoms with Gasteiger partial charge in [-0.15, -0.1) is 11.3 Å². The Morgan fingerprint density at radius 2 is 2.12 bits per heavy atom. The minimum atomic E-state index is 1.01. The van der Waals surface area contributed by atoms with Gasteiger partial charge in [0.25, 0.3) is 0 Å². The Balaban J connectivity index is 1.88. The normalized spacial score (nSPS) is 16.1. The first-order valence-electron chi connectivity index (χ1n) is 5.75. The van der Waals surface area contributed by atoms with E-state index in [1.165, 1.54) is 4.88 Å². The molecule has 5 heteroatoms. The zero-order valence-electron chi connectivity index (χ0n) is 9.47. The highest BCUT2D eigenvalue weighted by atomic mass is 32.1. The van der Waals surface area contributed by atoms with Gasteiger partial charge in [-0.05, 0) is 11.4 Å². The number of nitrogens with one attached hydrogen (secondary N) is 1. The standard InChI is InChI=1S/C12H14N4S/c1-2-11(17-7-1)10-8-12(15-9-14-10)16-5-3-13-4-6-16/h1-2,7-9,13H,3-6H2. The van der Waals surface area contributed by atoms with E-state index in [2.05, 4.69) is 37.7 Å². The topological polar surface area (TPSA) is 41.0 Å². The predicted octanol–water partition coefficient (Wildman–Crippen LogP) is 1.61. The van der Waals surface area contributed by atoms with Gasteiger partial charge in [-0.2, -0.15) is 0 Å². The average Bonchev–Trinajstić information content (AvgIpc) is 2.94. The highest BCUT2D eigenvalue weighted by Crippen LogP contribution is 2.24. The first kappa shape index (κ1) is 10.7. The van der Waals surface area contributed by atoms with Crippen molar-refractivity contribution in [3.63, 3.8) is 0 Å². The zero-order chi connectivity index (χ0) is 11.5. The second-order valence-electron chi connectivity index (χ2n) is 3.98. The van der Waals surface area contributed by atoms with Gasteiger partial charge in [-0.3, -0.25) is 0 Å². The second-order valence-corrected chi connectivity index (χ2v) is 4.92. The van der Waals surface area contributed by atoms with Crippen LogP contribution in [0.5, 0.6) is 0 Å². The summed E-state index contributed by atoms with van der Waals surface area (Å²) < 4.78 is 0. The lowest BCUT2D eigenvalue weighted by atomic mass is 10.3. The molecule has 17 heavy (non-hydrogen) atoms. The molecule has 1 saturated heterocycles. The van der Waals surface area contributed by atoms with Crippen LogP contribution in [0.2, 0.25) is 0 Å². The fraction of sp³-hybridized carbons (Fsp3) is 0.333. The lowest BCUT2D eigenvalue weighted by Gasteiger charge is -2.28. The summed E-state index contributed by atoms with van der Waals surface area (Å²) in [5.41, 5.74) is 1.02. The molecule has 1 aliphatic heterocycles. The summed E-state index contributed by atoms with van der Waals surface area (Å²) in [6, 6.07) is 6.22. The van der Waals surface area contributed by atoms with Crippen LogP contribution in [0, 0.1) is 0 Å². The Labute approximate surface area is 104 Å². The molecule has 0 aromatic carbocycles. The van der Waals surface area contributed by atoms with Gasteiger partial charge in [-0.25, -0.2) is 9.97 Å². The van der Waals surface area contributed by atoms with Crippen LogP contribution in [0.3, 0.4) is 0 Å². The molecule has 0 saturated carbocycles. The van der Waals surface area contributed by atoms with Crippen LogP contribution in [0.25, 0.3) is 10.6 Å². The van der Waals surface area contributed by atoms with E-state index in [4.69, 9.17) is 0 Å². The largest absolute Gasteiger partial charge is 0.354 e. The van der Waals surface area contributed by atoms with Gasteiger partial charge in [0.2, 0.25) is 0 Å². The number of thiophene rings is 1. The third-order valence-corrected chi connectivity index (χ3v) is 3.76. The monoisotopic (exact) mass is 246 g/mol. The molecule has 1 fully saturated rings. The van der Waals surface area contributed by atoms with E-state index in [1.54, 1.807) is 17.7 Å². The third-order valence-electron chi connectivity index (χ3n) is 2.87. The van der Waals surface area contributed by atoms with Gasteiger partial charge in [0.1, 0.15) is 12.1 Å². The Kier molecular flexibility index (Phi) is 3.02. The molecule has 1 N–H and O–H groups in total. The predicted molar refractivity (Wildman–Crippen MR) is 70.4 cm³/mol. The van der Waals surface area contributed by atoms with Crippen molar-refractivity contribution in [2.45, 2.75) is 0 Å². The van der Waals surface area contributed by atoms with Crippen molar-refractivity contribution in [3.8, 4) is 10.6 Å². The molecule has 0 spiro atoms. The van der Waals surface area contributed by atoms with E-state index in [9.17, 15) is 0 Å². The minimum Gasteiger partial charge on any atom is -0.354 e. The maximum Gasteiger partial charge on any atom is 0.132 e. The minimum absolute atomic E-state index is 1.01. The summed E-state index contributed by atoms with van der Waals surface area (Å²) in [4.78, 5) is 12.2. The van der Waals surface area contributed by atoms with Gasteiger partial charge in [0.05, 0.1) is 10.6 Å². The third kappa shape index (κ3) is 2.30. The van der Waals surface area contributed by atoms with Crippen LogP contribution in [-0.4, -0.2) is 36.1 Å². The van der Waals surface area contributed by atoms with Crippen molar-refractivity contribution >= 4 is 17.2 Å². The highest BCUT2D eigenvalue weighted by Gasteiger charge is 2.12. The molecule has 3 heterocycles. The van der Waals surface area contributed by atoms with Gasteiger partial charge < -0.3 is 10.2 Å². The molecular formula is C12H14N4S. The molecule has 88 valence electrons. The smallest absolute Gasteiger partial charge is 0.132 e. The number of aromatic nitrogens is 2. The number of rotatable bonds is 2. The summed E-state index contributed by atoms with van der Waals surface area (Å²) in [5.74, 6) is 1.03. The molecule has 3 rings (SSSR count). The van der Waals surface area contributed by atoms with Crippen LogP contribution >= 0.6 is 11.3 Å². The summed E-state index contributed by atoms with van der Waals surface area (Å²) >= 11 is 1.71. The molecule has 0 radical (unpaired) electrons. The number of piperazine rings is 1. The maximum absolute atomic E-state index is 4.36. The lowest BCUT2D eigenvalue weighted by Crippen LogP contribution is -2.43. The summed E-state index contributed by atoms with van der Waals surface area (Å²) in [6.45, 7) is 4.08. The zero-order valence-corrected chi connectivity index (χ0v) is 10.3.